The molecule has 1 unspecified atom stereocenters. The van der Waals surface area contributed by atoms with Crippen LogP contribution in [-0.4, -0.2) is 19.1 Å². The first kappa shape index (κ1) is 9.71. The lowest BCUT2D eigenvalue weighted by Gasteiger charge is -2.28. The number of hydrogen-bond donors (Lipinski definition) is 2. The van der Waals surface area contributed by atoms with Crippen molar-refractivity contribution in [1.82, 2.24) is 10.6 Å². The summed E-state index contributed by atoms with van der Waals surface area (Å²) in [4.78, 5) is 0. The van der Waals surface area contributed by atoms with E-state index < -0.39 is 0 Å². The standard InChI is InChI=1S/C13H22N2/c1-2-4-10(5-3-1)13-8-11-9-14-7-6-12(11)15-13/h10,13-15H,1-9H2. The first-order valence-electron chi connectivity index (χ1n) is 6.61. The zero-order valence-electron chi connectivity index (χ0n) is 9.52. The smallest absolute Gasteiger partial charge is 0.0324 e. The third kappa shape index (κ3) is 1.92. The molecule has 2 heteroatoms. The minimum atomic E-state index is 0.787. The highest BCUT2D eigenvalue weighted by molar-refractivity contribution is 5.25. The molecule has 1 aliphatic carbocycles. The predicted octanol–water partition coefficient (Wildman–Crippen LogP) is 2.18. The monoisotopic (exact) mass is 206 g/mol. The van der Waals surface area contributed by atoms with E-state index >= 15 is 0 Å². The molecule has 0 aromatic carbocycles. The van der Waals surface area contributed by atoms with Crippen LogP contribution in [0.1, 0.15) is 44.9 Å². The van der Waals surface area contributed by atoms with Gasteiger partial charge < -0.3 is 10.6 Å². The molecule has 2 nitrogen and oxygen atoms in total. The largest absolute Gasteiger partial charge is 0.385 e. The van der Waals surface area contributed by atoms with Gasteiger partial charge in [0.1, 0.15) is 0 Å². The van der Waals surface area contributed by atoms with Crippen molar-refractivity contribution in [2.45, 2.75) is 51.0 Å². The van der Waals surface area contributed by atoms with Gasteiger partial charge >= 0.3 is 0 Å². The molecular weight excluding hydrogens is 184 g/mol. The molecule has 0 aromatic heterocycles. The molecular formula is C13H22N2. The molecule has 3 rings (SSSR count). The molecule has 1 saturated carbocycles. The normalized spacial score (nSPS) is 32.7. The summed E-state index contributed by atoms with van der Waals surface area (Å²) in [6, 6.07) is 0.787. The highest BCUT2D eigenvalue weighted by atomic mass is 15.0. The summed E-state index contributed by atoms with van der Waals surface area (Å²) in [5.41, 5.74) is 3.26. The zero-order valence-corrected chi connectivity index (χ0v) is 9.52. The second-order valence-electron chi connectivity index (χ2n) is 5.36. The molecule has 3 aliphatic rings. The van der Waals surface area contributed by atoms with Crippen molar-refractivity contribution >= 4 is 0 Å². The minimum absolute atomic E-state index is 0.787. The highest BCUT2D eigenvalue weighted by Crippen LogP contribution is 2.34. The summed E-state index contributed by atoms with van der Waals surface area (Å²) in [5, 5.41) is 7.28. The van der Waals surface area contributed by atoms with Gasteiger partial charge in [-0.3, -0.25) is 0 Å². The predicted molar refractivity (Wildman–Crippen MR) is 62.6 cm³/mol. The van der Waals surface area contributed by atoms with Gasteiger partial charge in [-0.2, -0.15) is 0 Å². The Morgan fingerprint density at radius 3 is 2.73 bits per heavy atom. The van der Waals surface area contributed by atoms with Crippen LogP contribution in [0, 0.1) is 5.92 Å². The second kappa shape index (κ2) is 4.17. The maximum absolute atomic E-state index is 3.80. The summed E-state index contributed by atoms with van der Waals surface area (Å²) in [6.07, 6.45) is 9.89. The third-order valence-electron chi connectivity index (χ3n) is 4.36. The van der Waals surface area contributed by atoms with Crippen molar-refractivity contribution in [3.8, 4) is 0 Å². The molecule has 84 valence electrons. The number of rotatable bonds is 1. The van der Waals surface area contributed by atoms with Crippen LogP contribution in [-0.2, 0) is 0 Å². The molecule has 0 amide bonds. The molecule has 2 heterocycles. The minimum Gasteiger partial charge on any atom is -0.385 e. The molecule has 1 atom stereocenters. The van der Waals surface area contributed by atoms with Crippen LogP contribution in [0.5, 0.6) is 0 Å². The summed E-state index contributed by atoms with van der Waals surface area (Å²) in [5.74, 6) is 0.962. The molecule has 15 heavy (non-hydrogen) atoms. The first-order chi connectivity index (χ1) is 7.43. The molecule has 0 bridgehead atoms. The van der Waals surface area contributed by atoms with E-state index in [1.807, 2.05) is 0 Å². The van der Waals surface area contributed by atoms with Crippen molar-refractivity contribution in [3.05, 3.63) is 11.3 Å². The van der Waals surface area contributed by atoms with Crippen LogP contribution in [0.15, 0.2) is 11.3 Å². The van der Waals surface area contributed by atoms with Crippen LogP contribution >= 0.6 is 0 Å². The van der Waals surface area contributed by atoms with Gasteiger partial charge in [-0.15, -0.1) is 0 Å². The van der Waals surface area contributed by atoms with E-state index in [0.29, 0.717) is 0 Å². The van der Waals surface area contributed by atoms with E-state index in [1.165, 1.54) is 51.5 Å². The van der Waals surface area contributed by atoms with Gasteiger partial charge in [0.2, 0.25) is 0 Å². The summed E-state index contributed by atoms with van der Waals surface area (Å²) >= 11 is 0. The fourth-order valence-corrected chi connectivity index (χ4v) is 3.47. The zero-order chi connectivity index (χ0) is 10.1. The molecule has 2 N–H and O–H groups in total. The Kier molecular flexibility index (Phi) is 2.70. The molecule has 0 radical (unpaired) electrons. The summed E-state index contributed by atoms with van der Waals surface area (Å²) < 4.78 is 0. The lowest BCUT2D eigenvalue weighted by Crippen LogP contribution is -2.33. The van der Waals surface area contributed by atoms with Crippen molar-refractivity contribution in [2.75, 3.05) is 13.1 Å². The van der Waals surface area contributed by atoms with Gasteiger partial charge in [-0.05, 0) is 37.2 Å². The van der Waals surface area contributed by atoms with E-state index in [2.05, 4.69) is 10.6 Å². The van der Waals surface area contributed by atoms with E-state index in [4.69, 9.17) is 0 Å². The van der Waals surface area contributed by atoms with Crippen molar-refractivity contribution in [1.29, 1.82) is 0 Å². The Hall–Kier alpha value is -0.500. The summed E-state index contributed by atoms with van der Waals surface area (Å²) in [6.45, 7) is 2.31. The van der Waals surface area contributed by atoms with Crippen LogP contribution in [0.3, 0.4) is 0 Å². The van der Waals surface area contributed by atoms with Crippen LogP contribution < -0.4 is 10.6 Å². The third-order valence-corrected chi connectivity index (χ3v) is 4.36. The van der Waals surface area contributed by atoms with Crippen LogP contribution in [0.25, 0.3) is 0 Å². The van der Waals surface area contributed by atoms with E-state index in [9.17, 15) is 0 Å². The number of nitrogens with one attached hydrogen (secondary N) is 2. The lowest BCUT2D eigenvalue weighted by molar-refractivity contribution is 0.288. The van der Waals surface area contributed by atoms with Crippen molar-refractivity contribution in [2.24, 2.45) is 5.92 Å². The SMILES string of the molecule is C1CCC(C2CC3=C(CCNC3)N2)CC1. The van der Waals surface area contributed by atoms with E-state index in [0.717, 1.165) is 18.5 Å². The van der Waals surface area contributed by atoms with Crippen LogP contribution in [0.2, 0.25) is 0 Å². The Labute approximate surface area is 92.5 Å². The second-order valence-corrected chi connectivity index (χ2v) is 5.36. The Morgan fingerprint density at radius 2 is 1.93 bits per heavy atom. The molecule has 0 aromatic rings. The molecule has 0 spiro atoms. The van der Waals surface area contributed by atoms with Gasteiger partial charge in [0.15, 0.2) is 0 Å². The van der Waals surface area contributed by atoms with Gasteiger partial charge in [0, 0.05) is 24.8 Å². The van der Waals surface area contributed by atoms with Crippen LogP contribution in [0.4, 0.5) is 0 Å². The van der Waals surface area contributed by atoms with Gasteiger partial charge in [-0.25, -0.2) is 0 Å². The average Bonchev–Trinajstić information content (AvgIpc) is 2.74. The van der Waals surface area contributed by atoms with Crippen molar-refractivity contribution < 1.29 is 0 Å². The average molecular weight is 206 g/mol. The molecule has 0 saturated heterocycles. The Balaban J connectivity index is 1.62. The Morgan fingerprint density at radius 1 is 1.07 bits per heavy atom. The summed E-state index contributed by atoms with van der Waals surface area (Å²) in [7, 11) is 0. The van der Waals surface area contributed by atoms with Gasteiger partial charge in [-0.1, -0.05) is 19.3 Å². The maximum atomic E-state index is 3.80. The maximum Gasteiger partial charge on any atom is 0.0324 e. The van der Waals surface area contributed by atoms with E-state index in [1.54, 1.807) is 11.3 Å². The van der Waals surface area contributed by atoms with Crippen molar-refractivity contribution in [3.63, 3.8) is 0 Å². The van der Waals surface area contributed by atoms with E-state index in [-0.39, 0.29) is 0 Å². The highest BCUT2D eigenvalue weighted by Gasteiger charge is 2.31. The quantitative estimate of drug-likeness (QED) is 0.687. The Bertz CT molecular complexity index is 246. The fourth-order valence-electron chi connectivity index (χ4n) is 3.47. The molecule has 1 fully saturated rings. The number of hydrogen-bond acceptors (Lipinski definition) is 2. The lowest BCUT2D eigenvalue weighted by atomic mass is 9.83. The topological polar surface area (TPSA) is 24.1 Å². The first-order valence-corrected chi connectivity index (χ1v) is 6.61. The van der Waals surface area contributed by atoms with Gasteiger partial charge in [0.05, 0.1) is 0 Å². The fraction of sp³-hybridized carbons (Fsp3) is 0.846. The molecule has 2 aliphatic heterocycles. The van der Waals surface area contributed by atoms with Gasteiger partial charge in [0.25, 0.3) is 0 Å².